The van der Waals surface area contributed by atoms with Gasteiger partial charge in [-0.3, -0.25) is 0 Å². The maximum Gasteiger partial charge on any atom is 0.162 e. The minimum absolute atomic E-state index is 0.0117. The average Bonchev–Trinajstić information content (AvgIpc) is 2.47. The monoisotopic (exact) mass is 288 g/mol. The molecule has 20 heavy (non-hydrogen) atoms. The molecule has 1 atom stereocenters. The van der Waals surface area contributed by atoms with Gasteiger partial charge in [0.1, 0.15) is 18.2 Å². The normalized spacial score (nSPS) is 14.9. The molecule has 0 bridgehead atoms. The van der Waals surface area contributed by atoms with Gasteiger partial charge < -0.3 is 15.2 Å². The van der Waals surface area contributed by atoms with Crippen molar-refractivity contribution in [2.24, 2.45) is 5.73 Å². The summed E-state index contributed by atoms with van der Waals surface area (Å²) in [6, 6.07) is 9.91. The molecule has 0 radical (unpaired) electrons. The Morgan fingerprint density at radius 3 is 2.75 bits per heavy atom. The number of aromatic nitrogens is 1. The van der Waals surface area contributed by atoms with Crippen LogP contribution in [0.1, 0.15) is 18.5 Å². The highest BCUT2D eigenvalue weighted by molar-refractivity contribution is 7.99. The fraction of sp³-hybridized carbons (Fsp3) is 0.267. The van der Waals surface area contributed by atoms with Gasteiger partial charge in [-0.1, -0.05) is 11.8 Å². The van der Waals surface area contributed by atoms with E-state index in [-0.39, 0.29) is 6.04 Å². The molecule has 1 aromatic heterocycles. The third-order valence-corrected chi connectivity index (χ3v) is 3.94. The Bertz CT molecular complexity index is 617. The molecule has 2 N–H and O–H groups in total. The average molecular weight is 288 g/mol. The Kier molecular flexibility index (Phi) is 3.80. The Labute approximate surface area is 122 Å². The van der Waals surface area contributed by atoms with Crippen LogP contribution in [0.2, 0.25) is 0 Å². The molecule has 2 aromatic rings. The van der Waals surface area contributed by atoms with Crippen LogP contribution in [0.3, 0.4) is 0 Å². The molecule has 0 aliphatic carbocycles. The molecule has 0 saturated heterocycles. The van der Waals surface area contributed by atoms with Crippen molar-refractivity contribution in [1.82, 2.24) is 4.98 Å². The largest absolute Gasteiger partial charge is 0.486 e. The maximum atomic E-state index is 5.89. The van der Waals surface area contributed by atoms with Gasteiger partial charge in [-0.05, 0) is 42.8 Å². The van der Waals surface area contributed by atoms with Crippen LogP contribution < -0.4 is 15.2 Å². The third kappa shape index (κ3) is 2.89. The van der Waals surface area contributed by atoms with Gasteiger partial charge in [0, 0.05) is 17.1 Å². The topological polar surface area (TPSA) is 57.4 Å². The van der Waals surface area contributed by atoms with E-state index in [1.54, 1.807) is 18.0 Å². The van der Waals surface area contributed by atoms with Crippen LogP contribution in [0.4, 0.5) is 0 Å². The van der Waals surface area contributed by atoms with Crippen molar-refractivity contribution >= 4 is 11.8 Å². The third-order valence-electron chi connectivity index (χ3n) is 3.02. The Morgan fingerprint density at radius 1 is 1.15 bits per heavy atom. The molecule has 4 nitrogen and oxygen atoms in total. The van der Waals surface area contributed by atoms with E-state index < -0.39 is 0 Å². The summed E-state index contributed by atoms with van der Waals surface area (Å²) < 4.78 is 11.1. The van der Waals surface area contributed by atoms with Crippen molar-refractivity contribution in [2.75, 3.05) is 13.2 Å². The summed E-state index contributed by atoms with van der Waals surface area (Å²) in [7, 11) is 0. The molecule has 1 aliphatic heterocycles. The molecule has 2 heterocycles. The van der Waals surface area contributed by atoms with E-state index in [1.165, 1.54) is 0 Å². The lowest BCUT2D eigenvalue weighted by Gasteiger charge is -2.18. The zero-order chi connectivity index (χ0) is 13.9. The summed E-state index contributed by atoms with van der Waals surface area (Å²) in [6.07, 6.45) is 1.79. The van der Waals surface area contributed by atoms with Crippen molar-refractivity contribution < 1.29 is 9.47 Å². The number of ether oxygens (including phenoxy) is 2. The van der Waals surface area contributed by atoms with E-state index in [9.17, 15) is 0 Å². The number of nitrogens with zero attached hydrogens (tertiary/aromatic N) is 1. The fourth-order valence-corrected chi connectivity index (χ4v) is 2.82. The van der Waals surface area contributed by atoms with Crippen molar-refractivity contribution in [3.05, 3.63) is 42.1 Å². The number of rotatable bonds is 3. The number of hydrogen-bond acceptors (Lipinski definition) is 5. The minimum Gasteiger partial charge on any atom is -0.486 e. The van der Waals surface area contributed by atoms with Crippen LogP contribution in [0.5, 0.6) is 11.5 Å². The Morgan fingerprint density at radius 2 is 1.95 bits per heavy atom. The van der Waals surface area contributed by atoms with Crippen LogP contribution in [-0.2, 0) is 0 Å². The first-order valence-electron chi connectivity index (χ1n) is 6.51. The van der Waals surface area contributed by atoms with Crippen molar-refractivity contribution in [1.29, 1.82) is 0 Å². The zero-order valence-corrected chi connectivity index (χ0v) is 12.0. The summed E-state index contributed by atoms with van der Waals surface area (Å²) >= 11 is 1.59. The molecule has 0 spiro atoms. The SMILES string of the molecule is CC(N)c1ccnc(Sc2ccc3c(c2)OCCO3)c1. The fourth-order valence-electron chi connectivity index (χ4n) is 1.97. The molecule has 3 rings (SSSR count). The predicted octanol–water partition coefficient (Wildman–Crippen LogP) is 3.02. The van der Waals surface area contributed by atoms with Gasteiger partial charge in [-0.15, -0.1) is 0 Å². The number of pyridine rings is 1. The minimum atomic E-state index is 0.0117. The van der Waals surface area contributed by atoms with Gasteiger partial charge in [0.25, 0.3) is 0 Å². The first-order valence-corrected chi connectivity index (χ1v) is 7.33. The second-order valence-corrected chi connectivity index (χ2v) is 5.72. The highest BCUT2D eigenvalue weighted by atomic mass is 32.2. The summed E-state index contributed by atoms with van der Waals surface area (Å²) in [5, 5.41) is 0.927. The van der Waals surface area contributed by atoms with Crippen LogP contribution in [0, 0.1) is 0 Å². The summed E-state index contributed by atoms with van der Waals surface area (Å²) in [5.74, 6) is 1.60. The highest BCUT2D eigenvalue weighted by Crippen LogP contribution is 2.36. The van der Waals surface area contributed by atoms with E-state index in [1.807, 2.05) is 37.3 Å². The van der Waals surface area contributed by atoms with Crippen LogP contribution in [0.15, 0.2) is 46.5 Å². The van der Waals surface area contributed by atoms with Crippen LogP contribution >= 0.6 is 11.8 Å². The Balaban J connectivity index is 1.82. The quantitative estimate of drug-likeness (QED) is 0.940. The van der Waals surface area contributed by atoms with E-state index >= 15 is 0 Å². The smallest absolute Gasteiger partial charge is 0.162 e. The second kappa shape index (κ2) is 5.73. The van der Waals surface area contributed by atoms with Crippen LogP contribution in [0.25, 0.3) is 0 Å². The molecular weight excluding hydrogens is 272 g/mol. The number of hydrogen-bond donors (Lipinski definition) is 1. The van der Waals surface area contributed by atoms with E-state index in [2.05, 4.69) is 4.98 Å². The molecule has 5 heteroatoms. The van der Waals surface area contributed by atoms with Crippen molar-refractivity contribution in [2.45, 2.75) is 22.9 Å². The lowest BCUT2D eigenvalue weighted by molar-refractivity contribution is 0.171. The number of benzene rings is 1. The molecule has 1 aromatic carbocycles. The highest BCUT2D eigenvalue weighted by Gasteiger charge is 2.12. The summed E-state index contributed by atoms with van der Waals surface area (Å²) in [6.45, 7) is 3.17. The molecule has 0 amide bonds. The Hall–Kier alpha value is -1.72. The molecule has 1 aliphatic rings. The molecule has 1 unspecified atom stereocenters. The van der Waals surface area contributed by atoms with Crippen LogP contribution in [-0.4, -0.2) is 18.2 Å². The number of fused-ring (bicyclic) bond motifs is 1. The van der Waals surface area contributed by atoms with E-state index in [4.69, 9.17) is 15.2 Å². The predicted molar refractivity (Wildman–Crippen MR) is 78.4 cm³/mol. The first kappa shape index (κ1) is 13.3. The summed E-state index contributed by atoms with van der Waals surface area (Å²) in [5.41, 5.74) is 6.98. The molecule has 0 fully saturated rings. The molecular formula is C15H16N2O2S. The van der Waals surface area contributed by atoms with Gasteiger partial charge in [0.2, 0.25) is 0 Å². The maximum absolute atomic E-state index is 5.89. The van der Waals surface area contributed by atoms with E-state index in [0.717, 1.165) is 27.0 Å². The van der Waals surface area contributed by atoms with Gasteiger partial charge in [-0.2, -0.15) is 0 Å². The number of nitrogens with two attached hydrogens (primary N) is 1. The lowest BCUT2D eigenvalue weighted by atomic mass is 10.1. The van der Waals surface area contributed by atoms with Gasteiger partial charge in [-0.25, -0.2) is 4.98 Å². The van der Waals surface area contributed by atoms with E-state index in [0.29, 0.717) is 13.2 Å². The van der Waals surface area contributed by atoms with Gasteiger partial charge in [0.05, 0.1) is 0 Å². The second-order valence-electron chi connectivity index (χ2n) is 4.62. The summed E-state index contributed by atoms with van der Waals surface area (Å²) in [4.78, 5) is 5.44. The molecule has 104 valence electrons. The van der Waals surface area contributed by atoms with Crippen molar-refractivity contribution in [3.8, 4) is 11.5 Å². The van der Waals surface area contributed by atoms with Gasteiger partial charge >= 0.3 is 0 Å². The van der Waals surface area contributed by atoms with Gasteiger partial charge in [0.15, 0.2) is 11.5 Å². The molecule has 0 saturated carbocycles. The lowest BCUT2D eigenvalue weighted by Crippen LogP contribution is -2.15. The first-order chi connectivity index (χ1) is 9.72. The zero-order valence-electron chi connectivity index (χ0n) is 11.2. The van der Waals surface area contributed by atoms with Crippen molar-refractivity contribution in [3.63, 3.8) is 0 Å². The standard InChI is InChI=1S/C15H16N2O2S/c1-10(16)11-4-5-17-15(8-11)20-12-2-3-13-14(9-12)19-7-6-18-13/h2-5,8-10H,6-7,16H2,1H3.